The maximum atomic E-state index is 12.7. The van der Waals surface area contributed by atoms with E-state index in [1.165, 1.54) is 5.56 Å². The lowest BCUT2D eigenvalue weighted by molar-refractivity contribution is 0.0945. The summed E-state index contributed by atoms with van der Waals surface area (Å²) in [5, 5.41) is 7.46. The molecule has 1 N–H and O–H groups in total. The number of carbonyl (C=O) groups is 1. The van der Waals surface area contributed by atoms with Crippen molar-refractivity contribution in [2.75, 3.05) is 20.2 Å². The fourth-order valence-electron chi connectivity index (χ4n) is 3.40. The number of carbonyl (C=O) groups excluding carboxylic acids is 1. The van der Waals surface area contributed by atoms with E-state index in [4.69, 9.17) is 4.74 Å². The van der Waals surface area contributed by atoms with Gasteiger partial charge in [-0.1, -0.05) is 44.2 Å². The van der Waals surface area contributed by atoms with Crippen molar-refractivity contribution >= 4 is 5.91 Å². The van der Waals surface area contributed by atoms with E-state index in [-0.39, 0.29) is 5.91 Å². The first-order chi connectivity index (χ1) is 14.5. The number of rotatable bonds is 9. The monoisotopic (exact) mass is 406 g/mol. The minimum absolute atomic E-state index is 0.196. The van der Waals surface area contributed by atoms with Gasteiger partial charge in [0.1, 0.15) is 11.4 Å². The molecule has 1 amide bonds. The lowest BCUT2D eigenvalue weighted by atomic mass is 10.1. The van der Waals surface area contributed by atoms with E-state index in [2.05, 4.69) is 41.3 Å². The van der Waals surface area contributed by atoms with Crippen LogP contribution in [0.25, 0.3) is 5.69 Å². The highest BCUT2D eigenvalue weighted by atomic mass is 16.5. The van der Waals surface area contributed by atoms with Gasteiger partial charge in [-0.05, 0) is 54.9 Å². The van der Waals surface area contributed by atoms with Crippen LogP contribution in [0.5, 0.6) is 5.75 Å². The van der Waals surface area contributed by atoms with Gasteiger partial charge in [-0.3, -0.25) is 9.69 Å². The normalized spacial score (nSPS) is 11.0. The van der Waals surface area contributed by atoms with Gasteiger partial charge >= 0.3 is 0 Å². The number of benzene rings is 2. The molecule has 0 aliphatic rings. The van der Waals surface area contributed by atoms with Crippen LogP contribution in [0.3, 0.4) is 0 Å². The molecule has 1 aromatic heterocycles. The zero-order valence-corrected chi connectivity index (χ0v) is 18.2. The minimum Gasteiger partial charge on any atom is -0.494 e. The number of amides is 1. The van der Waals surface area contributed by atoms with Crippen molar-refractivity contribution in [1.29, 1.82) is 0 Å². The van der Waals surface area contributed by atoms with E-state index in [1.807, 2.05) is 37.3 Å². The summed E-state index contributed by atoms with van der Waals surface area (Å²) in [7, 11) is 1.63. The van der Waals surface area contributed by atoms with Gasteiger partial charge in [-0.15, -0.1) is 0 Å². The van der Waals surface area contributed by atoms with Crippen molar-refractivity contribution < 1.29 is 9.53 Å². The van der Waals surface area contributed by atoms with Crippen LogP contribution < -0.4 is 10.1 Å². The Bertz CT molecular complexity index is 992. The Kier molecular flexibility index (Phi) is 7.25. The third kappa shape index (κ3) is 5.07. The summed E-state index contributed by atoms with van der Waals surface area (Å²) in [6, 6.07) is 15.8. The molecule has 0 radical (unpaired) electrons. The number of ether oxygens (including phenoxy) is 1. The molecular weight excluding hydrogens is 376 g/mol. The number of nitrogens with one attached hydrogen (secondary N) is 1. The molecule has 0 unspecified atom stereocenters. The Morgan fingerprint density at radius 3 is 2.53 bits per heavy atom. The minimum atomic E-state index is -0.196. The zero-order valence-electron chi connectivity index (χ0n) is 18.2. The van der Waals surface area contributed by atoms with Crippen molar-refractivity contribution in [3.63, 3.8) is 0 Å². The van der Waals surface area contributed by atoms with Crippen LogP contribution >= 0.6 is 0 Å². The molecular formula is C24H30N4O2. The number of nitrogens with zero attached hydrogens (tertiary/aromatic N) is 3. The molecule has 3 aromatic rings. The number of hydrogen-bond donors (Lipinski definition) is 1. The van der Waals surface area contributed by atoms with Crippen LogP contribution in [-0.2, 0) is 13.1 Å². The molecule has 0 aliphatic heterocycles. The van der Waals surface area contributed by atoms with E-state index in [1.54, 1.807) is 24.1 Å². The number of aryl methyl sites for hydroxylation is 1. The maximum absolute atomic E-state index is 12.7. The molecule has 6 heteroatoms. The van der Waals surface area contributed by atoms with Gasteiger partial charge in [0.05, 0.1) is 7.11 Å². The maximum Gasteiger partial charge on any atom is 0.272 e. The molecule has 6 nitrogen and oxygen atoms in total. The topological polar surface area (TPSA) is 59.4 Å². The molecule has 0 aliphatic carbocycles. The molecule has 0 fully saturated rings. The second-order valence-corrected chi connectivity index (χ2v) is 7.23. The van der Waals surface area contributed by atoms with Crippen LogP contribution in [0.2, 0.25) is 0 Å². The van der Waals surface area contributed by atoms with Crippen LogP contribution in [0.1, 0.15) is 41.0 Å². The third-order valence-electron chi connectivity index (χ3n) is 5.25. The Morgan fingerprint density at radius 1 is 1.10 bits per heavy atom. The average molecular weight is 407 g/mol. The van der Waals surface area contributed by atoms with Crippen molar-refractivity contribution in [1.82, 2.24) is 20.0 Å². The molecule has 3 rings (SSSR count). The summed E-state index contributed by atoms with van der Waals surface area (Å²) < 4.78 is 7.10. The highest BCUT2D eigenvalue weighted by molar-refractivity contribution is 5.92. The molecule has 2 aromatic carbocycles. The lowest BCUT2D eigenvalue weighted by Crippen LogP contribution is -2.26. The molecule has 0 saturated heterocycles. The van der Waals surface area contributed by atoms with Gasteiger partial charge < -0.3 is 10.1 Å². The number of aromatic nitrogens is 2. The Morgan fingerprint density at radius 2 is 1.83 bits per heavy atom. The standard InChI is InChI=1S/C24H30N4O2/c1-5-27(6-2)17-20-10-8-7-9-19(20)16-25-24(29)21-13-14-28(26-21)22-15-18(3)11-12-23(22)30-4/h7-15H,5-6,16-17H2,1-4H3,(H,25,29). The highest BCUT2D eigenvalue weighted by Gasteiger charge is 2.14. The van der Waals surface area contributed by atoms with Crippen molar-refractivity contribution in [3.8, 4) is 11.4 Å². The first-order valence-electron chi connectivity index (χ1n) is 10.3. The Hall–Kier alpha value is -3.12. The molecule has 158 valence electrons. The predicted octanol–water partition coefficient (Wildman–Crippen LogP) is 3.96. The van der Waals surface area contributed by atoms with E-state index in [0.717, 1.165) is 36.4 Å². The summed E-state index contributed by atoms with van der Waals surface area (Å²) in [5.41, 5.74) is 4.63. The number of methoxy groups -OCH3 is 1. The zero-order chi connectivity index (χ0) is 21.5. The van der Waals surface area contributed by atoms with Crippen molar-refractivity contribution in [3.05, 3.63) is 77.1 Å². The van der Waals surface area contributed by atoms with Gasteiger partial charge in [0.15, 0.2) is 5.69 Å². The van der Waals surface area contributed by atoms with E-state index >= 15 is 0 Å². The van der Waals surface area contributed by atoms with Crippen LogP contribution in [0.15, 0.2) is 54.7 Å². The number of hydrogen-bond acceptors (Lipinski definition) is 4. The van der Waals surface area contributed by atoms with Gasteiger partial charge in [0.25, 0.3) is 5.91 Å². The lowest BCUT2D eigenvalue weighted by Gasteiger charge is -2.20. The third-order valence-corrected chi connectivity index (χ3v) is 5.25. The van der Waals surface area contributed by atoms with Crippen molar-refractivity contribution in [2.45, 2.75) is 33.9 Å². The van der Waals surface area contributed by atoms with Crippen LogP contribution in [0.4, 0.5) is 0 Å². The molecule has 30 heavy (non-hydrogen) atoms. The molecule has 1 heterocycles. The smallest absolute Gasteiger partial charge is 0.272 e. The second kappa shape index (κ2) is 10.1. The largest absolute Gasteiger partial charge is 0.494 e. The van der Waals surface area contributed by atoms with E-state index in [9.17, 15) is 4.79 Å². The van der Waals surface area contributed by atoms with Gasteiger partial charge in [-0.25, -0.2) is 4.68 Å². The summed E-state index contributed by atoms with van der Waals surface area (Å²) in [6.45, 7) is 9.67. The van der Waals surface area contributed by atoms with E-state index < -0.39 is 0 Å². The first kappa shape index (κ1) is 21.6. The van der Waals surface area contributed by atoms with Crippen molar-refractivity contribution in [2.24, 2.45) is 0 Å². The SMILES string of the molecule is CCN(CC)Cc1ccccc1CNC(=O)c1ccn(-c2cc(C)ccc2OC)n1. The molecule has 0 bridgehead atoms. The van der Waals surface area contributed by atoms with Gasteiger partial charge in [0, 0.05) is 19.3 Å². The van der Waals surface area contributed by atoms with Crippen LogP contribution in [0, 0.1) is 6.92 Å². The highest BCUT2D eigenvalue weighted by Crippen LogP contribution is 2.23. The van der Waals surface area contributed by atoms with Gasteiger partial charge in [0.2, 0.25) is 0 Å². The molecule has 0 saturated carbocycles. The fraction of sp³-hybridized carbons (Fsp3) is 0.333. The second-order valence-electron chi connectivity index (χ2n) is 7.23. The quantitative estimate of drug-likeness (QED) is 0.584. The summed E-state index contributed by atoms with van der Waals surface area (Å²) >= 11 is 0. The predicted molar refractivity (Wildman–Crippen MR) is 119 cm³/mol. The van der Waals surface area contributed by atoms with Gasteiger partial charge in [-0.2, -0.15) is 5.10 Å². The Labute approximate surface area is 178 Å². The fourth-order valence-corrected chi connectivity index (χ4v) is 3.40. The molecule has 0 spiro atoms. The summed E-state index contributed by atoms with van der Waals surface area (Å²) in [5.74, 6) is 0.513. The Balaban J connectivity index is 1.71. The summed E-state index contributed by atoms with van der Waals surface area (Å²) in [6.07, 6.45) is 1.78. The van der Waals surface area contributed by atoms with Crippen LogP contribution in [-0.4, -0.2) is 40.8 Å². The first-order valence-corrected chi connectivity index (χ1v) is 10.3. The average Bonchev–Trinajstić information content (AvgIpc) is 3.26. The summed E-state index contributed by atoms with van der Waals surface area (Å²) in [4.78, 5) is 15.1. The van der Waals surface area contributed by atoms with E-state index in [0.29, 0.717) is 18.0 Å². The molecule has 0 atom stereocenters.